The number of carbonyl (C=O) groups excluding carboxylic acids is 1. The molecule has 0 aliphatic heterocycles. The fourth-order valence-electron chi connectivity index (χ4n) is 1.80. The maximum absolute atomic E-state index is 11.9. The van der Waals surface area contributed by atoms with Gasteiger partial charge < -0.3 is 0 Å². The minimum atomic E-state index is 0.187. The van der Waals surface area contributed by atoms with E-state index in [0.717, 1.165) is 24.2 Å². The SMILES string of the molecule is CCCSC1Cc2ccccc2C1=O. The molecule has 0 amide bonds. The molecule has 1 aromatic carbocycles. The number of carbonyl (C=O) groups is 1. The lowest BCUT2D eigenvalue weighted by Crippen LogP contribution is -2.11. The summed E-state index contributed by atoms with van der Waals surface area (Å²) in [5, 5.41) is 0.187. The Morgan fingerprint density at radius 1 is 1.43 bits per heavy atom. The summed E-state index contributed by atoms with van der Waals surface area (Å²) in [6.07, 6.45) is 2.07. The number of hydrogen-bond acceptors (Lipinski definition) is 2. The van der Waals surface area contributed by atoms with Gasteiger partial charge in [-0.1, -0.05) is 31.2 Å². The van der Waals surface area contributed by atoms with Gasteiger partial charge in [0.25, 0.3) is 0 Å². The average Bonchev–Trinajstić information content (AvgIpc) is 2.54. The third-order valence-corrected chi connectivity index (χ3v) is 3.93. The summed E-state index contributed by atoms with van der Waals surface area (Å²) in [6, 6.07) is 7.98. The number of hydrogen-bond donors (Lipinski definition) is 0. The molecular weight excluding hydrogens is 192 g/mol. The number of rotatable bonds is 3. The molecule has 1 nitrogen and oxygen atoms in total. The third-order valence-electron chi connectivity index (χ3n) is 2.50. The van der Waals surface area contributed by atoms with Gasteiger partial charge in [0.2, 0.25) is 0 Å². The summed E-state index contributed by atoms with van der Waals surface area (Å²) in [7, 11) is 0. The van der Waals surface area contributed by atoms with Crippen molar-refractivity contribution in [2.75, 3.05) is 5.75 Å². The van der Waals surface area contributed by atoms with Crippen molar-refractivity contribution in [1.82, 2.24) is 0 Å². The van der Waals surface area contributed by atoms with E-state index in [2.05, 4.69) is 13.0 Å². The van der Waals surface area contributed by atoms with E-state index in [1.54, 1.807) is 11.8 Å². The molecule has 1 aromatic rings. The molecule has 1 aliphatic rings. The number of benzene rings is 1. The highest BCUT2D eigenvalue weighted by atomic mass is 32.2. The normalized spacial score (nSPS) is 19.8. The second-order valence-electron chi connectivity index (χ2n) is 3.58. The summed E-state index contributed by atoms with van der Waals surface area (Å²) in [5.74, 6) is 1.42. The van der Waals surface area contributed by atoms with Crippen molar-refractivity contribution in [1.29, 1.82) is 0 Å². The van der Waals surface area contributed by atoms with E-state index in [1.165, 1.54) is 5.56 Å². The van der Waals surface area contributed by atoms with Gasteiger partial charge in [-0.2, -0.15) is 0 Å². The first-order chi connectivity index (χ1) is 6.83. The maximum atomic E-state index is 11.9. The fraction of sp³-hybridized carbons (Fsp3) is 0.417. The summed E-state index contributed by atoms with van der Waals surface area (Å²) < 4.78 is 0. The van der Waals surface area contributed by atoms with E-state index in [1.807, 2.05) is 18.2 Å². The lowest BCUT2D eigenvalue weighted by Gasteiger charge is -2.05. The first kappa shape index (κ1) is 9.78. The lowest BCUT2D eigenvalue weighted by atomic mass is 10.1. The molecule has 1 atom stereocenters. The zero-order valence-electron chi connectivity index (χ0n) is 8.32. The van der Waals surface area contributed by atoms with Crippen molar-refractivity contribution >= 4 is 17.5 Å². The molecule has 0 fully saturated rings. The number of Topliss-reactive ketones (excluding diaryl/α,β-unsaturated/α-hetero) is 1. The van der Waals surface area contributed by atoms with E-state index in [0.29, 0.717) is 5.78 Å². The molecule has 0 heterocycles. The van der Waals surface area contributed by atoms with Gasteiger partial charge in [0.05, 0.1) is 5.25 Å². The maximum Gasteiger partial charge on any atom is 0.176 e. The van der Waals surface area contributed by atoms with Crippen LogP contribution in [0.4, 0.5) is 0 Å². The van der Waals surface area contributed by atoms with E-state index < -0.39 is 0 Å². The van der Waals surface area contributed by atoms with E-state index >= 15 is 0 Å². The van der Waals surface area contributed by atoms with E-state index in [-0.39, 0.29) is 5.25 Å². The van der Waals surface area contributed by atoms with E-state index in [9.17, 15) is 4.79 Å². The summed E-state index contributed by atoms with van der Waals surface area (Å²) in [5.41, 5.74) is 2.17. The number of thioether (sulfide) groups is 1. The molecule has 0 spiro atoms. The van der Waals surface area contributed by atoms with Crippen LogP contribution >= 0.6 is 11.8 Å². The van der Waals surface area contributed by atoms with Crippen LogP contribution in [-0.4, -0.2) is 16.8 Å². The lowest BCUT2D eigenvalue weighted by molar-refractivity contribution is 0.100. The van der Waals surface area contributed by atoms with Crippen molar-refractivity contribution in [3.63, 3.8) is 0 Å². The Morgan fingerprint density at radius 2 is 2.21 bits per heavy atom. The molecule has 1 unspecified atom stereocenters. The first-order valence-corrected chi connectivity index (χ1v) is 6.11. The molecular formula is C12H14OS. The Morgan fingerprint density at radius 3 is 2.93 bits per heavy atom. The van der Waals surface area contributed by atoms with Crippen LogP contribution in [0, 0.1) is 0 Å². The second kappa shape index (κ2) is 4.18. The molecule has 0 saturated carbocycles. The molecule has 0 saturated heterocycles. The fourth-order valence-corrected chi connectivity index (χ4v) is 2.90. The largest absolute Gasteiger partial charge is 0.293 e. The van der Waals surface area contributed by atoms with Gasteiger partial charge in [0.1, 0.15) is 0 Å². The standard InChI is InChI=1S/C12H14OS/c1-2-7-14-11-8-9-5-3-4-6-10(9)12(11)13/h3-6,11H,2,7-8H2,1H3. The van der Waals surface area contributed by atoms with Crippen molar-refractivity contribution < 1.29 is 4.79 Å². The van der Waals surface area contributed by atoms with Crippen molar-refractivity contribution in [3.8, 4) is 0 Å². The summed E-state index contributed by atoms with van der Waals surface area (Å²) in [4.78, 5) is 11.9. The van der Waals surface area contributed by atoms with Crippen LogP contribution in [0.2, 0.25) is 0 Å². The quantitative estimate of drug-likeness (QED) is 0.756. The Kier molecular flexibility index (Phi) is 2.92. The minimum Gasteiger partial charge on any atom is -0.293 e. The molecule has 0 bridgehead atoms. The predicted octanol–water partition coefficient (Wildman–Crippen LogP) is 2.94. The van der Waals surface area contributed by atoms with Crippen LogP contribution < -0.4 is 0 Å². The molecule has 0 radical (unpaired) electrons. The predicted molar refractivity (Wildman–Crippen MR) is 61.0 cm³/mol. The third kappa shape index (κ3) is 1.71. The van der Waals surface area contributed by atoms with Crippen LogP contribution in [0.5, 0.6) is 0 Å². The van der Waals surface area contributed by atoms with Gasteiger partial charge >= 0.3 is 0 Å². The van der Waals surface area contributed by atoms with Gasteiger partial charge in [0, 0.05) is 5.56 Å². The average molecular weight is 206 g/mol. The van der Waals surface area contributed by atoms with Crippen molar-refractivity contribution in [3.05, 3.63) is 35.4 Å². The van der Waals surface area contributed by atoms with Gasteiger partial charge in [-0.3, -0.25) is 4.79 Å². The molecule has 74 valence electrons. The van der Waals surface area contributed by atoms with Crippen LogP contribution in [0.25, 0.3) is 0 Å². The van der Waals surface area contributed by atoms with Crippen molar-refractivity contribution in [2.45, 2.75) is 25.0 Å². The van der Waals surface area contributed by atoms with Gasteiger partial charge in [-0.05, 0) is 24.2 Å². The van der Waals surface area contributed by atoms with Gasteiger partial charge in [-0.15, -0.1) is 11.8 Å². The Labute approximate surface area is 88.9 Å². The molecule has 2 heteroatoms. The second-order valence-corrected chi connectivity index (χ2v) is 4.90. The zero-order chi connectivity index (χ0) is 9.97. The number of ketones is 1. The summed E-state index contributed by atoms with van der Waals surface area (Å²) in [6.45, 7) is 2.15. The Balaban J connectivity index is 2.13. The Hall–Kier alpha value is -0.760. The molecule has 1 aliphatic carbocycles. The highest BCUT2D eigenvalue weighted by Crippen LogP contribution is 2.30. The first-order valence-electron chi connectivity index (χ1n) is 5.06. The monoisotopic (exact) mass is 206 g/mol. The van der Waals surface area contributed by atoms with Crippen LogP contribution in [0.3, 0.4) is 0 Å². The molecule has 0 N–H and O–H groups in total. The highest BCUT2D eigenvalue weighted by Gasteiger charge is 2.29. The van der Waals surface area contributed by atoms with Crippen LogP contribution in [0.1, 0.15) is 29.3 Å². The van der Waals surface area contributed by atoms with Crippen LogP contribution in [-0.2, 0) is 6.42 Å². The smallest absolute Gasteiger partial charge is 0.176 e. The summed E-state index contributed by atoms with van der Waals surface area (Å²) >= 11 is 1.80. The zero-order valence-corrected chi connectivity index (χ0v) is 9.14. The van der Waals surface area contributed by atoms with Gasteiger partial charge in [-0.25, -0.2) is 0 Å². The molecule has 0 aromatic heterocycles. The molecule has 14 heavy (non-hydrogen) atoms. The van der Waals surface area contributed by atoms with Crippen molar-refractivity contribution in [2.24, 2.45) is 0 Å². The highest BCUT2D eigenvalue weighted by molar-refractivity contribution is 8.00. The number of fused-ring (bicyclic) bond motifs is 1. The van der Waals surface area contributed by atoms with Gasteiger partial charge in [0.15, 0.2) is 5.78 Å². The minimum absolute atomic E-state index is 0.187. The molecule has 2 rings (SSSR count). The Bertz CT molecular complexity index is 346. The van der Waals surface area contributed by atoms with Crippen LogP contribution in [0.15, 0.2) is 24.3 Å². The van der Waals surface area contributed by atoms with E-state index in [4.69, 9.17) is 0 Å². The topological polar surface area (TPSA) is 17.1 Å².